The van der Waals surface area contributed by atoms with Crippen molar-refractivity contribution in [2.24, 2.45) is 0 Å². The van der Waals surface area contributed by atoms with Crippen LogP contribution in [-0.2, 0) is 19.1 Å². The van der Waals surface area contributed by atoms with Crippen LogP contribution in [0, 0.1) is 0 Å². The number of carbonyl (C=O) groups excluding carboxylic acids is 2. The van der Waals surface area contributed by atoms with Crippen LogP contribution in [0.5, 0.6) is 0 Å². The molecular weight excluding hydrogens is 318 g/mol. The first-order valence-electron chi connectivity index (χ1n) is 8.58. The van der Waals surface area contributed by atoms with Gasteiger partial charge in [0.25, 0.3) is 0 Å². The Bertz CT molecular complexity index is 733. The predicted octanol–water partition coefficient (Wildman–Crippen LogP) is 2.84. The summed E-state index contributed by atoms with van der Waals surface area (Å²) in [7, 11) is 1.56. The fourth-order valence-electron chi connectivity index (χ4n) is 3.53. The number of benzene rings is 1. The first-order valence-corrected chi connectivity index (χ1v) is 8.58. The fraction of sp³-hybridized carbons (Fsp3) is 0.400. The van der Waals surface area contributed by atoms with Gasteiger partial charge in [-0.1, -0.05) is 30.3 Å². The van der Waals surface area contributed by atoms with E-state index in [0.717, 1.165) is 29.8 Å². The molecule has 1 aromatic carbocycles. The van der Waals surface area contributed by atoms with Crippen LogP contribution in [0.15, 0.2) is 52.9 Å². The first kappa shape index (κ1) is 17.4. The van der Waals surface area contributed by atoms with Crippen molar-refractivity contribution >= 4 is 11.8 Å². The maximum atomic E-state index is 12.7. The van der Waals surface area contributed by atoms with Crippen molar-refractivity contribution in [1.82, 2.24) is 5.32 Å². The molecule has 1 atom stereocenters. The Morgan fingerprint density at radius 3 is 2.68 bits per heavy atom. The van der Waals surface area contributed by atoms with Gasteiger partial charge in [0.15, 0.2) is 5.78 Å². The number of methoxy groups -OCH3 is 1. The third-order valence-corrected chi connectivity index (χ3v) is 4.65. The molecule has 1 unspecified atom stereocenters. The van der Waals surface area contributed by atoms with Crippen molar-refractivity contribution in [3.63, 3.8) is 0 Å². The number of esters is 1. The quantitative estimate of drug-likeness (QED) is 0.659. The zero-order valence-electron chi connectivity index (χ0n) is 14.6. The number of ketones is 1. The number of dihydropyridines is 1. The van der Waals surface area contributed by atoms with E-state index < -0.39 is 5.97 Å². The second kappa shape index (κ2) is 7.66. The van der Waals surface area contributed by atoms with Crippen LogP contribution in [0.3, 0.4) is 0 Å². The predicted molar refractivity (Wildman–Crippen MR) is 93.7 cm³/mol. The van der Waals surface area contributed by atoms with E-state index in [0.29, 0.717) is 24.2 Å². The summed E-state index contributed by atoms with van der Waals surface area (Å²) in [5.74, 6) is -0.668. The number of rotatable bonds is 5. The summed E-state index contributed by atoms with van der Waals surface area (Å²) in [6.45, 7) is 2.40. The number of carbonyl (C=O) groups is 2. The Hall–Kier alpha value is -2.40. The third-order valence-electron chi connectivity index (χ3n) is 4.65. The maximum Gasteiger partial charge on any atom is 0.336 e. The molecule has 0 radical (unpaired) electrons. The Morgan fingerprint density at radius 2 is 1.96 bits per heavy atom. The molecule has 1 aromatic rings. The van der Waals surface area contributed by atoms with E-state index in [9.17, 15) is 9.59 Å². The molecule has 132 valence electrons. The minimum Gasteiger partial charge on any atom is -0.460 e. The standard InChI is InChI=1S/C20H23NO4/c1-13-17(20(23)25-12-11-24-2)18(14-7-4-3-5-8-14)19-15(21-13)9-6-10-16(19)22/h3-5,7-8,18,21H,6,9-12H2,1-2H3. The molecule has 1 aliphatic heterocycles. The lowest BCUT2D eigenvalue weighted by Gasteiger charge is -2.34. The minimum absolute atomic E-state index is 0.109. The van der Waals surface area contributed by atoms with Crippen LogP contribution in [0.1, 0.15) is 37.7 Å². The highest BCUT2D eigenvalue weighted by Gasteiger charge is 2.38. The number of hydrogen-bond donors (Lipinski definition) is 1. The van der Waals surface area contributed by atoms with E-state index in [4.69, 9.17) is 9.47 Å². The Balaban J connectivity index is 2.02. The zero-order valence-corrected chi connectivity index (χ0v) is 14.6. The Kier molecular flexibility index (Phi) is 5.34. The molecule has 3 rings (SSSR count). The van der Waals surface area contributed by atoms with E-state index in [2.05, 4.69) is 5.32 Å². The van der Waals surface area contributed by atoms with Crippen LogP contribution in [-0.4, -0.2) is 32.1 Å². The van der Waals surface area contributed by atoms with Crippen molar-refractivity contribution in [2.45, 2.75) is 32.1 Å². The summed E-state index contributed by atoms with van der Waals surface area (Å²) < 4.78 is 10.3. The molecule has 1 aliphatic carbocycles. The molecule has 0 spiro atoms. The second-order valence-corrected chi connectivity index (χ2v) is 6.31. The average molecular weight is 341 g/mol. The van der Waals surface area contributed by atoms with Crippen molar-refractivity contribution in [1.29, 1.82) is 0 Å². The monoisotopic (exact) mass is 341 g/mol. The van der Waals surface area contributed by atoms with E-state index in [1.54, 1.807) is 7.11 Å². The molecule has 5 heteroatoms. The summed E-state index contributed by atoms with van der Waals surface area (Å²) in [6.07, 6.45) is 2.19. The van der Waals surface area contributed by atoms with Gasteiger partial charge in [0, 0.05) is 36.4 Å². The van der Waals surface area contributed by atoms with Gasteiger partial charge in [-0.2, -0.15) is 0 Å². The van der Waals surface area contributed by atoms with Gasteiger partial charge in [0.2, 0.25) is 0 Å². The highest BCUT2D eigenvalue weighted by Crippen LogP contribution is 2.42. The number of Topliss-reactive ketones (excluding diaryl/α,β-unsaturated/α-hetero) is 1. The van der Waals surface area contributed by atoms with E-state index in [-0.39, 0.29) is 18.3 Å². The van der Waals surface area contributed by atoms with Gasteiger partial charge in [0.05, 0.1) is 12.2 Å². The molecule has 0 saturated carbocycles. The van der Waals surface area contributed by atoms with Gasteiger partial charge in [-0.15, -0.1) is 0 Å². The summed E-state index contributed by atoms with van der Waals surface area (Å²) in [5.41, 5.74) is 3.85. The van der Waals surface area contributed by atoms with Crippen LogP contribution >= 0.6 is 0 Å². The molecule has 1 N–H and O–H groups in total. The van der Waals surface area contributed by atoms with E-state index >= 15 is 0 Å². The van der Waals surface area contributed by atoms with Gasteiger partial charge in [-0.3, -0.25) is 4.79 Å². The van der Waals surface area contributed by atoms with Crippen molar-refractivity contribution in [3.05, 3.63) is 58.4 Å². The highest BCUT2D eigenvalue weighted by atomic mass is 16.6. The van der Waals surface area contributed by atoms with Crippen molar-refractivity contribution in [2.75, 3.05) is 20.3 Å². The lowest BCUT2D eigenvalue weighted by Crippen LogP contribution is -2.34. The van der Waals surface area contributed by atoms with Crippen LogP contribution in [0.25, 0.3) is 0 Å². The maximum absolute atomic E-state index is 12.7. The lowest BCUT2D eigenvalue weighted by atomic mass is 9.75. The first-order chi connectivity index (χ1) is 12.1. The molecule has 0 aromatic heterocycles. The van der Waals surface area contributed by atoms with Crippen molar-refractivity contribution in [3.8, 4) is 0 Å². The topological polar surface area (TPSA) is 64.6 Å². The zero-order chi connectivity index (χ0) is 17.8. The summed E-state index contributed by atoms with van der Waals surface area (Å²) >= 11 is 0. The molecule has 1 heterocycles. The third kappa shape index (κ3) is 3.51. The van der Waals surface area contributed by atoms with Crippen molar-refractivity contribution < 1.29 is 19.1 Å². The van der Waals surface area contributed by atoms with E-state index in [1.807, 2.05) is 37.3 Å². The second-order valence-electron chi connectivity index (χ2n) is 6.31. The van der Waals surface area contributed by atoms with Gasteiger partial charge in [0.1, 0.15) is 6.61 Å². The normalized spacial score (nSPS) is 20.2. The molecular formula is C20H23NO4. The molecule has 2 aliphatic rings. The minimum atomic E-state index is -0.402. The number of nitrogens with one attached hydrogen (secondary N) is 1. The fourth-order valence-corrected chi connectivity index (χ4v) is 3.53. The Labute approximate surface area is 147 Å². The average Bonchev–Trinajstić information content (AvgIpc) is 2.61. The van der Waals surface area contributed by atoms with Gasteiger partial charge >= 0.3 is 5.97 Å². The summed E-state index contributed by atoms with van der Waals surface area (Å²) in [4.78, 5) is 25.4. The van der Waals surface area contributed by atoms with E-state index in [1.165, 1.54) is 0 Å². The highest BCUT2D eigenvalue weighted by molar-refractivity contribution is 6.03. The number of allylic oxidation sites excluding steroid dienone is 3. The molecule has 5 nitrogen and oxygen atoms in total. The smallest absolute Gasteiger partial charge is 0.336 e. The SMILES string of the molecule is COCCOC(=O)C1=C(C)NC2=C(C(=O)CCC2)C1c1ccccc1. The van der Waals surface area contributed by atoms with Crippen LogP contribution in [0.4, 0.5) is 0 Å². The molecule has 25 heavy (non-hydrogen) atoms. The van der Waals surface area contributed by atoms with Crippen LogP contribution in [0.2, 0.25) is 0 Å². The molecule has 0 saturated heterocycles. The van der Waals surface area contributed by atoms with Gasteiger partial charge in [-0.25, -0.2) is 4.79 Å². The van der Waals surface area contributed by atoms with Gasteiger partial charge < -0.3 is 14.8 Å². The Morgan fingerprint density at radius 1 is 1.20 bits per heavy atom. The summed E-state index contributed by atoms with van der Waals surface area (Å²) in [6, 6.07) is 9.69. The number of ether oxygens (including phenoxy) is 2. The van der Waals surface area contributed by atoms with Gasteiger partial charge in [-0.05, 0) is 25.3 Å². The largest absolute Gasteiger partial charge is 0.460 e. The van der Waals surface area contributed by atoms with Crippen LogP contribution < -0.4 is 5.32 Å². The summed E-state index contributed by atoms with van der Waals surface area (Å²) in [5, 5.41) is 3.28. The lowest BCUT2D eigenvalue weighted by molar-refractivity contribution is -0.140. The number of hydrogen-bond acceptors (Lipinski definition) is 5. The molecule has 0 fully saturated rings. The molecule has 0 bridgehead atoms. The molecule has 0 amide bonds.